The molecular formula is C25H25FN4O2S. The summed E-state index contributed by atoms with van der Waals surface area (Å²) in [4.78, 5) is 4.26. The summed E-state index contributed by atoms with van der Waals surface area (Å²) in [7, 11) is -3.29. The molecule has 0 saturated carbocycles. The van der Waals surface area contributed by atoms with Crippen LogP contribution in [0.1, 0.15) is 23.1 Å². The third-order valence-corrected chi connectivity index (χ3v) is 7.86. The fraction of sp³-hybridized carbons (Fsp3) is 0.280. The highest BCUT2D eigenvalue weighted by Crippen LogP contribution is 2.41. The van der Waals surface area contributed by atoms with Crippen molar-refractivity contribution in [3.8, 4) is 5.69 Å². The molecule has 1 unspecified atom stereocenters. The molecule has 2 aromatic heterocycles. The van der Waals surface area contributed by atoms with Crippen molar-refractivity contribution in [2.45, 2.75) is 25.2 Å². The number of aromatic nitrogens is 3. The smallest absolute Gasteiger partial charge is 0.211 e. The Bertz CT molecular complexity index is 1420. The van der Waals surface area contributed by atoms with Crippen LogP contribution in [0.25, 0.3) is 16.6 Å². The van der Waals surface area contributed by atoms with E-state index in [1.165, 1.54) is 18.4 Å². The molecule has 3 heterocycles. The van der Waals surface area contributed by atoms with E-state index >= 15 is 0 Å². The van der Waals surface area contributed by atoms with Crippen LogP contribution >= 0.6 is 0 Å². The maximum atomic E-state index is 13.4. The van der Waals surface area contributed by atoms with Gasteiger partial charge in [-0.15, -0.1) is 0 Å². The molecule has 0 amide bonds. The number of aryl methyl sites for hydroxylation is 1. The molecule has 8 heteroatoms. The molecule has 33 heavy (non-hydrogen) atoms. The first kappa shape index (κ1) is 21.7. The molecule has 0 bridgehead atoms. The normalized spacial score (nSPS) is 19.4. The van der Waals surface area contributed by atoms with Crippen molar-refractivity contribution in [1.29, 1.82) is 0 Å². The average Bonchev–Trinajstić information content (AvgIpc) is 3.39. The molecule has 4 aromatic rings. The van der Waals surface area contributed by atoms with Crippen LogP contribution in [0.15, 0.2) is 67.1 Å². The first-order valence-electron chi connectivity index (χ1n) is 10.8. The number of nitrogens with zero attached hydrogens (tertiary/aromatic N) is 4. The Kier molecular flexibility index (Phi) is 5.29. The quantitative estimate of drug-likeness (QED) is 0.448. The van der Waals surface area contributed by atoms with E-state index in [0.29, 0.717) is 19.5 Å². The standard InChI is InChI=1S/C25H25FN4O2S/c1-18-12-24-20(16-28-30(24)22-7-5-21(26)6-8-22)13-23(18)25(14-19-4-3-10-27-15-19)9-11-29(17-25)33(2,31)32/h3-8,10,12-13,15-16H,9,11,14,17H2,1-2H3. The van der Waals surface area contributed by atoms with Gasteiger partial charge in [-0.25, -0.2) is 21.8 Å². The summed E-state index contributed by atoms with van der Waals surface area (Å²) >= 11 is 0. The van der Waals surface area contributed by atoms with Crippen molar-refractivity contribution in [3.05, 3.63) is 89.6 Å². The second-order valence-corrected chi connectivity index (χ2v) is 10.9. The van der Waals surface area contributed by atoms with Gasteiger partial charge in [0.1, 0.15) is 5.82 Å². The molecule has 2 aromatic carbocycles. The summed E-state index contributed by atoms with van der Waals surface area (Å²) in [5, 5.41) is 5.50. The second kappa shape index (κ2) is 8.04. The van der Waals surface area contributed by atoms with Gasteiger partial charge >= 0.3 is 0 Å². The Labute approximate surface area is 192 Å². The van der Waals surface area contributed by atoms with E-state index in [9.17, 15) is 12.8 Å². The number of rotatable bonds is 5. The lowest BCUT2D eigenvalue weighted by Gasteiger charge is -2.32. The number of benzene rings is 2. The van der Waals surface area contributed by atoms with Gasteiger partial charge in [-0.05, 0) is 78.9 Å². The van der Waals surface area contributed by atoms with Crippen LogP contribution in [0, 0.1) is 12.7 Å². The van der Waals surface area contributed by atoms with Crippen LogP contribution in [0.5, 0.6) is 0 Å². The summed E-state index contributed by atoms with van der Waals surface area (Å²) in [5.41, 5.74) is 4.64. The fourth-order valence-corrected chi connectivity index (χ4v) is 5.91. The fourth-order valence-electron chi connectivity index (χ4n) is 5.01. The molecule has 6 nitrogen and oxygen atoms in total. The Morgan fingerprint density at radius 3 is 2.58 bits per heavy atom. The lowest BCUT2D eigenvalue weighted by atomic mass is 9.73. The highest BCUT2D eigenvalue weighted by Gasteiger charge is 2.43. The molecule has 0 aliphatic carbocycles. The molecule has 1 saturated heterocycles. The van der Waals surface area contributed by atoms with E-state index in [0.717, 1.165) is 39.7 Å². The van der Waals surface area contributed by atoms with Gasteiger partial charge in [-0.2, -0.15) is 5.10 Å². The second-order valence-electron chi connectivity index (χ2n) is 8.92. The topological polar surface area (TPSA) is 68.1 Å². The lowest BCUT2D eigenvalue weighted by Crippen LogP contribution is -2.36. The van der Waals surface area contributed by atoms with Crippen LogP contribution in [0.4, 0.5) is 4.39 Å². The van der Waals surface area contributed by atoms with Gasteiger partial charge in [0.05, 0.1) is 23.7 Å². The van der Waals surface area contributed by atoms with Crippen molar-refractivity contribution < 1.29 is 12.8 Å². The van der Waals surface area contributed by atoms with E-state index < -0.39 is 10.0 Å². The van der Waals surface area contributed by atoms with E-state index in [1.807, 2.05) is 24.5 Å². The highest BCUT2D eigenvalue weighted by molar-refractivity contribution is 7.88. The summed E-state index contributed by atoms with van der Waals surface area (Å²) < 4.78 is 41.5. The average molecular weight is 465 g/mol. The molecule has 0 N–H and O–H groups in total. The number of hydrogen-bond donors (Lipinski definition) is 0. The van der Waals surface area contributed by atoms with E-state index in [4.69, 9.17) is 0 Å². The van der Waals surface area contributed by atoms with Crippen LogP contribution in [0.2, 0.25) is 0 Å². The van der Waals surface area contributed by atoms with E-state index in [-0.39, 0.29) is 11.2 Å². The van der Waals surface area contributed by atoms with Gasteiger partial charge in [0, 0.05) is 36.3 Å². The van der Waals surface area contributed by atoms with Gasteiger partial charge in [0.15, 0.2) is 0 Å². The third-order valence-electron chi connectivity index (χ3n) is 6.61. The predicted molar refractivity (Wildman–Crippen MR) is 126 cm³/mol. The van der Waals surface area contributed by atoms with Crippen LogP contribution in [-0.2, 0) is 21.9 Å². The predicted octanol–water partition coefficient (Wildman–Crippen LogP) is 4.01. The van der Waals surface area contributed by atoms with Gasteiger partial charge < -0.3 is 0 Å². The largest absolute Gasteiger partial charge is 0.264 e. The zero-order valence-electron chi connectivity index (χ0n) is 18.6. The Morgan fingerprint density at radius 2 is 1.91 bits per heavy atom. The minimum Gasteiger partial charge on any atom is -0.264 e. The lowest BCUT2D eigenvalue weighted by molar-refractivity contribution is 0.415. The molecule has 170 valence electrons. The van der Waals surface area contributed by atoms with Gasteiger partial charge in [0.2, 0.25) is 10.0 Å². The molecule has 5 rings (SSSR count). The van der Waals surface area contributed by atoms with Crippen LogP contribution < -0.4 is 0 Å². The maximum absolute atomic E-state index is 13.4. The maximum Gasteiger partial charge on any atom is 0.211 e. The van der Waals surface area contributed by atoms with Crippen molar-refractivity contribution in [2.24, 2.45) is 0 Å². The van der Waals surface area contributed by atoms with Crippen molar-refractivity contribution in [2.75, 3.05) is 19.3 Å². The van der Waals surface area contributed by atoms with Gasteiger partial charge in [-0.1, -0.05) is 6.07 Å². The zero-order valence-corrected chi connectivity index (χ0v) is 19.4. The SMILES string of the molecule is Cc1cc2c(cnn2-c2ccc(F)cc2)cc1C1(Cc2cccnc2)CCN(S(C)(=O)=O)C1. The third kappa shape index (κ3) is 4.05. The first-order valence-corrected chi connectivity index (χ1v) is 12.7. The summed E-state index contributed by atoms with van der Waals surface area (Å²) in [6, 6.07) is 14.4. The summed E-state index contributed by atoms with van der Waals surface area (Å²) in [6.45, 7) is 2.98. The molecule has 0 spiro atoms. The first-order chi connectivity index (χ1) is 15.7. The molecular weight excluding hydrogens is 439 g/mol. The van der Waals surface area contributed by atoms with Crippen molar-refractivity contribution in [3.63, 3.8) is 0 Å². The number of sulfonamides is 1. The zero-order chi connectivity index (χ0) is 23.2. The number of pyridine rings is 1. The van der Waals surface area contributed by atoms with Crippen molar-refractivity contribution in [1.82, 2.24) is 19.1 Å². The minimum atomic E-state index is -3.29. The van der Waals surface area contributed by atoms with Crippen molar-refractivity contribution >= 4 is 20.9 Å². The number of halogens is 1. The molecule has 1 aliphatic heterocycles. The minimum absolute atomic E-state index is 0.289. The number of fused-ring (bicyclic) bond motifs is 1. The molecule has 1 fully saturated rings. The highest BCUT2D eigenvalue weighted by atomic mass is 32.2. The van der Waals surface area contributed by atoms with E-state index in [2.05, 4.69) is 29.1 Å². The van der Waals surface area contributed by atoms with Gasteiger partial charge in [0.25, 0.3) is 0 Å². The molecule has 0 radical (unpaired) electrons. The van der Waals surface area contributed by atoms with Gasteiger partial charge in [-0.3, -0.25) is 4.98 Å². The summed E-state index contributed by atoms with van der Waals surface area (Å²) in [6.07, 6.45) is 8.11. The van der Waals surface area contributed by atoms with Crippen LogP contribution in [-0.4, -0.2) is 46.8 Å². The Balaban J connectivity index is 1.62. The molecule has 1 atom stereocenters. The molecule has 1 aliphatic rings. The van der Waals surface area contributed by atoms with Crippen LogP contribution in [0.3, 0.4) is 0 Å². The van der Waals surface area contributed by atoms with E-state index in [1.54, 1.807) is 27.3 Å². The summed E-state index contributed by atoms with van der Waals surface area (Å²) in [5.74, 6) is -0.289. The monoisotopic (exact) mass is 464 g/mol. The Hall–Kier alpha value is -3.10. The Morgan fingerprint density at radius 1 is 1.12 bits per heavy atom. The number of hydrogen-bond acceptors (Lipinski definition) is 4.